The number of aliphatic hydroxyl groups excluding tert-OH is 1. The standard InChI is InChI=1S/C27H33NO7/c1-16-7-10-22-26(2,20(16)9-8-19-21(29)14-33-24(19)30)12-11-23-27(22,3)15-34-25(35-23)17-5-4-6-18(13-17)28(31)32/h4-6,8,13,20-23,25,29H,1,7,9-12,14-15H2,2-3H3/b19-8+/t20-,21-,22?,23?,25?,26+,27+/m1/s1. The molecule has 2 heterocycles. The number of rotatable bonds is 4. The number of ether oxygens (including phenoxy) is 3. The van der Waals surface area contributed by atoms with Crippen molar-refractivity contribution in [1.29, 1.82) is 0 Å². The van der Waals surface area contributed by atoms with Gasteiger partial charge in [0.2, 0.25) is 0 Å². The lowest BCUT2D eigenvalue weighted by Gasteiger charge is -2.62. The molecule has 35 heavy (non-hydrogen) atoms. The van der Waals surface area contributed by atoms with Crippen LogP contribution in [0.4, 0.5) is 5.69 Å². The van der Waals surface area contributed by atoms with E-state index in [-0.39, 0.29) is 35.1 Å². The number of fused-ring (bicyclic) bond motifs is 3. The highest BCUT2D eigenvalue weighted by atomic mass is 16.7. The highest BCUT2D eigenvalue weighted by Gasteiger charge is 2.60. The Balaban J connectivity index is 1.37. The molecule has 188 valence electrons. The van der Waals surface area contributed by atoms with Gasteiger partial charge in [0.05, 0.1) is 23.2 Å². The Morgan fingerprint density at radius 3 is 2.80 bits per heavy atom. The second-order valence-corrected chi connectivity index (χ2v) is 11.0. The lowest BCUT2D eigenvalue weighted by molar-refractivity contribution is -0.385. The van der Waals surface area contributed by atoms with E-state index in [0.717, 1.165) is 25.7 Å². The van der Waals surface area contributed by atoms with Gasteiger partial charge in [-0.3, -0.25) is 10.1 Å². The Morgan fingerprint density at radius 1 is 1.29 bits per heavy atom. The van der Waals surface area contributed by atoms with Crippen molar-refractivity contribution in [2.24, 2.45) is 22.7 Å². The van der Waals surface area contributed by atoms with Crippen LogP contribution in [-0.2, 0) is 19.0 Å². The zero-order valence-corrected chi connectivity index (χ0v) is 20.3. The van der Waals surface area contributed by atoms with Gasteiger partial charge in [0, 0.05) is 23.1 Å². The van der Waals surface area contributed by atoms with Gasteiger partial charge in [-0.1, -0.05) is 44.2 Å². The van der Waals surface area contributed by atoms with Crippen LogP contribution in [0.25, 0.3) is 0 Å². The van der Waals surface area contributed by atoms with Crippen molar-refractivity contribution < 1.29 is 29.0 Å². The quantitative estimate of drug-likeness (QED) is 0.219. The molecule has 0 amide bonds. The molecule has 0 bridgehead atoms. The van der Waals surface area contributed by atoms with E-state index in [0.29, 0.717) is 30.1 Å². The van der Waals surface area contributed by atoms with Gasteiger partial charge in [-0.05, 0) is 49.4 Å². The fourth-order valence-electron chi connectivity index (χ4n) is 7.15. The Kier molecular flexibility index (Phi) is 6.10. The number of esters is 1. The third-order valence-electron chi connectivity index (χ3n) is 9.04. The first kappa shape index (κ1) is 24.2. The Bertz CT molecular complexity index is 1080. The molecule has 5 rings (SSSR count). The van der Waals surface area contributed by atoms with Gasteiger partial charge < -0.3 is 19.3 Å². The molecule has 1 aromatic carbocycles. The van der Waals surface area contributed by atoms with E-state index < -0.39 is 23.3 Å². The molecule has 3 unspecified atom stereocenters. The van der Waals surface area contributed by atoms with Crippen molar-refractivity contribution in [2.45, 2.75) is 64.4 Å². The summed E-state index contributed by atoms with van der Waals surface area (Å²) in [5.41, 5.74) is 1.98. The highest BCUT2D eigenvalue weighted by Crippen LogP contribution is 2.63. The minimum absolute atomic E-state index is 0.0180. The van der Waals surface area contributed by atoms with Crippen molar-refractivity contribution in [2.75, 3.05) is 13.2 Å². The Labute approximate surface area is 205 Å². The minimum Gasteiger partial charge on any atom is -0.459 e. The van der Waals surface area contributed by atoms with E-state index in [4.69, 9.17) is 14.2 Å². The van der Waals surface area contributed by atoms with Crippen molar-refractivity contribution in [3.8, 4) is 0 Å². The summed E-state index contributed by atoms with van der Waals surface area (Å²) >= 11 is 0. The maximum atomic E-state index is 12.0. The van der Waals surface area contributed by atoms with Crippen LogP contribution < -0.4 is 0 Å². The maximum Gasteiger partial charge on any atom is 0.336 e. The molecule has 0 aromatic heterocycles. The average molecular weight is 484 g/mol. The summed E-state index contributed by atoms with van der Waals surface area (Å²) in [6.45, 7) is 9.49. The number of aliphatic hydroxyl groups is 1. The van der Waals surface area contributed by atoms with E-state index in [2.05, 4.69) is 20.4 Å². The zero-order chi connectivity index (χ0) is 25.0. The summed E-state index contributed by atoms with van der Waals surface area (Å²) in [5.74, 6) is 0.0772. The predicted molar refractivity (Wildman–Crippen MR) is 127 cm³/mol. The molecule has 2 saturated carbocycles. The van der Waals surface area contributed by atoms with Crippen molar-refractivity contribution >= 4 is 11.7 Å². The van der Waals surface area contributed by atoms with E-state index >= 15 is 0 Å². The molecule has 0 radical (unpaired) electrons. The monoisotopic (exact) mass is 483 g/mol. The van der Waals surface area contributed by atoms with Crippen LogP contribution in [0.3, 0.4) is 0 Å². The number of cyclic esters (lactones) is 1. The van der Waals surface area contributed by atoms with Crippen molar-refractivity contribution in [3.63, 3.8) is 0 Å². The first-order valence-electron chi connectivity index (χ1n) is 12.4. The summed E-state index contributed by atoms with van der Waals surface area (Å²) in [5, 5.41) is 21.3. The number of carbonyl (C=O) groups excluding carboxylic acids is 1. The molecule has 1 aromatic rings. The minimum atomic E-state index is -0.859. The number of hydrogen-bond donors (Lipinski definition) is 1. The van der Waals surface area contributed by atoms with Crippen LogP contribution in [-0.4, -0.2) is 41.4 Å². The number of non-ortho nitro benzene ring substituents is 1. The summed E-state index contributed by atoms with van der Waals surface area (Å²) in [6.07, 6.45) is 4.69. The van der Waals surface area contributed by atoms with Gasteiger partial charge in [-0.2, -0.15) is 0 Å². The molecular weight excluding hydrogens is 450 g/mol. The van der Waals surface area contributed by atoms with Gasteiger partial charge in [0.25, 0.3) is 5.69 Å². The SMILES string of the molecule is C=C1CCC2[C@]3(C)COC(c4cccc([N+](=O)[O-])c4)OC3CC[C@@]2(C)[C@@H]1C/C=C1/C(=O)OC[C@H]1O. The van der Waals surface area contributed by atoms with Crippen molar-refractivity contribution in [3.05, 3.63) is 63.7 Å². The lowest BCUT2D eigenvalue weighted by Crippen LogP contribution is -2.60. The topological polar surface area (TPSA) is 108 Å². The second-order valence-electron chi connectivity index (χ2n) is 11.0. The van der Waals surface area contributed by atoms with E-state index in [1.54, 1.807) is 6.07 Å². The largest absolute Gasteiger partial charge is 0.459 e. The first-order valence-corrected chi connectivity index (χ1v) is 12.4. The number of benzene rings is 1. The van der Waals surface area contributed by atoms with Gasteiger partial charge in [-0.15, -0.1) is 0 Å². The fourth-order valence-corrected chi connectivity index (χ4v) is 7.15. The second kappa shape index (κ2) is 8.84. The van der Waals surface area contributed by atoms with Crippen LogP contribution in [0.15, 0.2) is 48.1 Å². The molecule has 0 spiro atoms. The predicted octanol–water partition coefficient (Wildman–Crippen LogP) is 4.63. The van der Waals surface area contributed by atoms with Gasteiger partial charge in [0.15, 0.2) is 6.29 Å². The smallest absolute Gasteiger partial charge is 0.336 e. The summed E-state index contributed by atoms with van der Waals surface area (Å²) in [4.78, 5) is 22.8. The molecule has 1 N–H and O–H groups in total. The van der Waals surface area contributed by atoms with E-state index in [1.807, 2.05) is 12.1 Å². The lowest BCUT2D eigenvalue weighted by atomic mass is 9.46. The summed E-state index contributed by atoms with van der Waals surface area (Å²) < 4.78 is 17.7. The summed E-state index contributed by atoms with van der Waals surface area (Å²) in [6, 6.07) is 6.46. The van der Waals surface area contributed by atoms with Gasteiger partial charge in [0.1, 0.15) is 12.7 Å². The van der Waals surface area contributed by atoms with E-state index in [1.165, 1.54) is 17.7 Å². The Hall–Kier alpha value is -2.55. The number of allylic oxidation sites excluding steroid dienone is 2. The molecule has 4 aliphatic rings. The summed E-state index contributed by atoms with van der Waals surface area (Å²) in [7, 11) is 0. The van der Waals surface area contributed by atoms with Crippen LogP contribution in [0.5, 0.6) is 0 Å². The number of nitrogens with zero attached hydrogens (tertiary/aromatic N) is 1. The average Bonchev–Trinajstić information content (AvgIpc) is 3.15. The third-order valence-corrected chi connectivity index (χ3v) is 9.04. The molecule has 2 aliphatic carbocycles. The fraction of sp³-hybridized carbons (Fsp3) is 0.593. The molecule has 2 aliphatic heterocycles. The maximum absolute atomic E-state index is 12.0. The van der Waals surface area contributed by atoms with Crippen LogP contribution in [0.2, 0.25) is 0 Å². The number of hydrogen-bond acceptors (Lipinski definition) is 7. The normalized spacial score (nSPS) is 40.2. The molecule has 2 saturated heterocycles. The molecule has 8 nitrogen and oxygen atoms in total. The number of carbonyl (C=O) groups is 1. The van der Waals surface area contributed by atoms with Crippen molar-refractivity contribution in [1.82, 2.24) is 0 Å². The molecular formula is C27H33NO7. The molecule has 4 fully saturated rings. The molecule has 8 heteroatoms. The van der Waals surface area contributed by atoms with Gasteiger partial charge in [-0.25, -0.2) is 4.79 Å². The zero-order valence-electron chi connectivity index (χ0n) is 20.3. The Morgan fingerprint density at radius 2 is 2.09 bits per heavy atom. The first-order chi connectivity index (χ1) is 16.6. The molecule has 7 atom stereocenters. The van der Waals surface area contributed by atoms with Gasteiger partial charge >= 0.3 is 5.97 Å². The van der Waals surface area contributed by atoms with E-state index in [9.17, 15) is 20.0 Å². The van der Waals surface area contributed by atoms with Crippen LogP contribution in [0.1, 0.15) is 57.8 Å². The number of nitro groups is 1. The highest BCUT2D eigenvalue weighted by molar-refractivity contribution is 5.91. The number of nitro benzene ring substituents is 1. The van der Waals surface area contributed by atoms with Crippen LogP contribution in [0, 0.1) is 32.8 Å². The third kappa shape index (κ3) is 4.01. The van der Waals surface area contributed by atoms with Crippen LogP contribution >= 0.6 is 0 Å².